The highest BCUT2D eigenvalue weighted by Gasteiger charge is 2.38. The van der Waals surface area contributed by atoms with E-state index in [1.165, 1.54) is 18.7 Å². The number of hydrogen-bond donors (Lipinski definition) is 1. The van der Waals surface area contributed by atoms with E-state index in [9.17, 15) is 14.4 Å². The predicted octanol–water partition coefficient (Wildman–Crippen LogP) is 2.27. The summed E-state index contributed by atoms with van der Waals surface area (Å²) in [7, 11) is 4.52. The summed E-state index contributed by atoms with van der Waals surface area (Å²) in [6.45, 7) is 7.57. The minimum Gasteiger partial charge on any atom is -0.493 e. The third kappa shape index (κ3) is 3.90. The summed E-state index contributed by atoms with van der Waals surface area (Å²) in [5, 5.41) is 3.07. The van der Waals surface area contributed by atoms with Crippen LogP contribution in [0.5, 0.6) is 11.5 Å². The molecule has 0 fully saturated rings. The van der Waals surface area contributed by atoms with Crippen molar-refractivity contribution in [3.05, 3.63) is 61.4 Å². The maximum atomic E-state index is 13.3. The largest absolute Gasteiger partial charge is 0.493 e. The second-order valence-corrected chi connectivity index (χ2v) is 7.86. The first-order chi connectivity index (χ1) is 15.1. The van der Waals surface area contributed by atoms with E-state index in [0.29, 0.717) is 40.8 Å². The Kier molecular flexibility index (Phi) is 6.47. The van der Waals surface area contributed by atoms with Crippen molar-refractivity contribution in [2.45, 2.75) is 39.7 Å². The van der Waals surface area contributed by atoms with Crippen molar-refractivity contribution in [3.63, 3.8) is 0 Å². The van der Waals surface area contributed by atoms with Crippen molar-refractivity contribution in [2.75, 3.05) is 19.0 Å². The highest BCUT2D eigenvalue weighted by molar-refractivity contribution is 5.94. The van der Waals surface area contributed by atoms with E-state index in [4.69, 9.17) is 14.2 Å². The van der Waals surface area contributed by atoms with Crippen LogP contribution in [0.3, 0.4) is 0 Å². The Morgan fingerprint density at radius 2 is 1.84 bits per heavy atom. The fourth-order valence-corrected chi connectivity index (χ4v) is 3.91. The third-order valence-corrected chi connectivity index (χ3v) is 5.37. The van der Waals surface area contributed by atoms with Crippen LogP contribution in [0.1, 0.15) is 44.7 Å². The molecule has 3 rings (SSSR count). The molecule has 0 aliphatic carbocycles. The van der Waals surface area contributed by atoms with Crippen LogP contribution >= 0.6 is 0 Å². The zero-order chi connectivity index (χ0) is 23.7. The molecule has 0 radical (unpaired) electrons. The number of hydrogen-bond acceptors (Lipinski definition) is 7. The Labute approximate surface area is 186 Å². The normalized spacial score (nSPS) is 15.3. The van der Waals surface area contributed by atoms with E-state index in [-0.39, 0.29) is 11.7 Å². The molecule has 0 spiro atoms. The van der Waals surface area contributed by atoms with Gasteiger partial charge in [0.25, 0.3) is 5.56 Å². The van der Waals surface area contributed by atoms with Crippen LogP contribution in [0.15, 0.2) is 39.1 Å². The molecule has 172 valence electrons. The average Bonchev–Trinajstić information content (AvgIpc) is 2.75. The van der Waals surface area contributed by atoms with Crippen molar-refractivity contribution in [1.82, 2.24) is 9.13 Å². The molecule has 0 bridgehead atoms. The highest BCUT2D eigenvalue weighted by atomic mass is 16.5. The van der Waals surface area contributed by atoms with Gasteiger partial charge in [-0.25, -0.2) is 9.59 Å². The molecule has 9 heteroatoms. The Hall–Kier alpha value is -3.49. The summed E-state index contributed by atoms with van der Waals surface area (Å²) in [4.78, 5) is 38.9. The smallest absolute Gasteiger partial charge is 0.337 e. The van der Waals surface area contributed by atoms with Gasteiger partial charge in [-0.2, -0.15) is 0 Å². The van der Waals surface area contributed by atoms with Crippen LogP contribution in [-0.4, -0.2) is 34.9 Å². The molecule has 0 saturated heterocycles. The Morgan fingerprint density at radius 1 is 1.16 bits per heavy atom. The zero-order valence-electron chi connectivity index (χ0n) is 19.4. The number of benzene rings is 1. The number of nitrogens with one attached hydrogen (secondary N) is 1. The zero-order valence-corrected chi connectivity index (χ0v) is 19.4. The summed E-state index contributed by atoms with van der Waals surface area (Å²) >= 11 is 0. The number of allylic oxidation sites excluding steroid dienone is 1. The lowest BCUT2D eigenvalue weighted by Gasteiger charge is -2.31. The summed E-state index contributed by atoms with van der Waals surface area (Å²) in [5.74, 6) is 0.0557. The second-order valence-electron chi connectivity index (χ2n) is 7.86. The van der Waals surface area contributed by atoms with Crippen LogP contribution in [0, 0.1) is 0 Å². The van der Waals surface area contributed by atoms with Crippen LogP contribution < -0.4 is 26.0 Å². The molecule has 1 aliphatic heterocycles. The monoisotopic (exact) mass is 443 g/mol. The van der Waals surface area contributed by atoms with Gasteiger partial charge in [-0.3, -0.25) is 13.9 Å². The van der Waals surface area contributed by atoms with Crippen LogP contribution in [-0.2, 0) is 23.6 Å². The molecule has 1 N–H and O–H groups in total. The van der Waals surface area contributed by atoms with Gasteiger partial charge in [0.1, 0.15) is 5.82 Å². The molecule has 9 nitrogen and oxygen atoms in total. The standard InChI is InChI=1S/C23H29N3O6/c1-8-31-15-10-9-14(11-16(15)30-7)18-17(22(28)32-12(2)3)13(4)24-20-19(18)21(27)26(6)23(29)25(20)5/h9-12,18,24H,8H2,1-7H3. The van der Waals surface area contributed by atoms with Crippen molar-refractivity contribution in [1.29, 1.82) is 0 Å². The number of carbonyl (C=O) groups excluding carboxylic acids is 1. The maximum absolute atomic E-state index is 13.3. The molecule has 2 aromatic rings. The molecule has 1 aliphatic rings. The lowest BCUT2D eigenvalue weighted by atomic mass is 9.82. The summed E-state index contributed by atoms with van der Waals surface area (Å²) in [6, 6.07) is 5.27. The van der Waals surface area contributed by atoms with Crippen LogP contribution in [0.4, 0.5) is 5.82 Å². The molecule has 1 aromatic heterocycles. The first-order valence-electron chi connectivity index (χ1n) is 10.4. The topological polar surface area (TPSA) is 101 Å². The molecule has 1 atom stereocenters. The number of methoxy groups -OCH3 is 1. The number of rotatable bonds is 6. The van der Waals surface area contributed by atoms with E-state index in [0.717, 1.165) is 4.57 Å². The number of aromatic nitrogens is 2. The predicted molar refractivity (Wildman–Crippen MR) is 120 cm³/mol. The first-order valence-corrected chi connectivity index (χ1v) is 10.4. The number of fused-ring (bicyclic) bond motifs is 1. The maximum Gasteiger partial charge on any atom is 0.337 e. The van der Waals surface area contributed by atoms with Crippen LogP contribution in [0.2, 0.25) is 0 Å². The number of carbonyl (C=O) groups is 1. The highest BCUT2D eigenvalue weighted by Crippen LogP contribution is 2.42. The van der Waals surface area contributed by atoms with Crippen molar-refractivity contribution in [3.8, 4) is 11.5 Å². The quantitative estimate of drug-likeness (QED) is 0.684. The first kappa shape index (κ1) is 23.2. The number of ether oxygens (including phenoxy) is 3. The van der Waals surface area contributed by atoms with Crippen molar-refractivity contribution in [2.24, 2.45) is 14.1 Å². The minimum absolute atomic E-state index is 0.280. The van der Waals surface area contributed by atoms with E-state index >= 15 is 0 Å². The molecule has 1 unspecified atom stereocenters. The fraction of sp³-hybridized carbons (Fsp3) is 0.435. The Bertz CT molecular complexity index is 1210. The number of anilines is 1. The molecule has 2 heterocycles. The SMILES string of the molecule is CCOc1ccc(C2C(C(=O)OC(C)C)=C(C)Nc3c2c(=O)n(C)c(=O)n3C)cc1OC. The van der Waals surface area contributed by atoms with Gasteiger partial charge in [-0.15, -0.1) is 0 Å². The lowest BCUT2D eigenvalue weighted by Crippen LogP contribution is -2.43. The third-order valence-electron chi connectivity index (χ3n) is 5.37. The van der Waals surface area contributed by atoms with E-state index in [2.05, 4.69) is 5.32 Å². The molecular formula is C23H29N3O6. The molecule has 32 heavy (non-hydrogen) atoms. The van der Waals surface area contributed by atoms with E-state index in [1.807, 2.05) is 6.92 Å². The van der Waals surface area contributed by atoms with E-state index < -0.39 is 23.1 Å². The summed E-state index contributed by atoms with van der Waals surface area (Å²) in [6.07, 6.45) is -0.345. The van der Waals surface area contributed by atoms with Crippen molar-refractivity contribution >= 4 is 11.8 Å². The summed E-state index contributed by atoms with van der Waals surface area (Å²) in [5.41, 5.74) is 0.763. The number of nitrogens with zero attached hydrogens (tertiary/aromatic N) is 2. The van der Waals surface area contributed by atoms with E-state index in [1.54, 1.807) is 46.0 Å². The second kappa shape index (κ2) is 8.94. The molecule has 0 amide bonds. The fourth-order valence-electron chi connectivity index (χ4n) is 3.91. The molecular weight excluding hydrogens is 414 g/mol. The lowest BCUT2D eigenvalue weighted by molar-refractivity contribution is -0.143. The van der Waals surface area contributed by atoms with Gasteiger partial charge >= 0.3 is 11.7 Å². The molecule has 1 aromatic carbocycles. The Balaban J connectivity index is 2.35. The average molecular weight is 444 g/mol. The van der Waals surface area contributed by atoms with Gasteiger partial charge in [-0.1, -0.05) is 6.07 Å². The van der Waals surface area contributed by atoms with Gasteiger partial charge in [0.05, 0.1) is 36.9 Å². The molecule has 0 saturated carbocycles. The summed E-state index contributed by atoms with van der Waals surface area (Å²) < 4.78 is 19.0. The van der Waals surface area contributed by atoms with Gasteiger partial charge < -0.3 is 19.5 Å². The van der Waals surface area contributed by atoms with Gasteiger partial charge in [0.15, 0.2) is 11.5 Å². The number of esters is 1. The minimum atomic E-state index is -0.771. The van der Waals surface area contributed by atoms with Gasteiger partial charge in [0, 0.05) is 19.8 Å². The van der Waals surface area contributed by atoms with Crippen molar-refractivity contribution < 1.29 is 19.0 Å². The Morgan fingerprint density at radius 3 is 2.44 bits per heavy atom. The van der Waals surface area contributed by atoms with Crippen LogP contribution in [0.25, 0.3) is 0 Å². The van der Waals surface area contributed by atoms with Gasteiger partial charge in [-0.05, 0) is 45.4 Å². The van der Waals surface area contributed by atoms with Gasteiger partial charge in [0.2, 0.25) is 0 Å².